The van der Waals surface area contributed by atoms with Crippen LogP contribution in [0.2, 0.25) is 0 Å². The molecule has 0 aliphatic carbocycles. The number of nitrogens with zero attached hydrogens (tertiary/aromatic N) is 4. The van der Waals surface area contributed by atoms with E-state index in [-0.39, 0.29) is 5.91 Å². The fraction of sp³-hybridized carbons (Fsp3) is 0.625. The van der Waals surface area contributed by atoms with Gasteiger partial charge in [0.2, 0.25) is 5.91 Å². The Labute approximate surface area is 131 Å². The maximum atomic E-state index is 12.6. The van der Waals surface area contributed by atoms with E-state index in [9.17, 15) is 4.79 Å². The van der Waals surface area contributed by atoms with Gasteiger partial charge < -0.3 is 4.74 Å². The topological polar surface area (TPSA) is 48.9 Å². The Morgan fingerprint density at radius 2 is 2.05 bits per heavy atom. The van der Waals surface area contributed by atoms with Crippen molar-refractivity contribution < 1.29 is 9.53 Å². The third-order valence-corrected chi connectivity index (χ3v) is 4.38. The van der Waals surface area contributed by atoms with Crippen LogP contribution in [-0.4, -0.2) is 72.6 Å². The average Bonchev–Trinajstić information content (AvgIpc) is 2.54. The summed E-state index contributed by atoms with van der Waals surface area (Å²) >= 11 is 0. The van der Waals surface area contributed by atoms with Gasteiger partial charge in [-0.25, -0.2) is 4.98 Å². The lowest BCUT2D eigenvalue weighted by molar-refractivity contribution is -0.120. The van der Waals surface area contributed by atoms with E-state index in [1.165, 1.54) is 0 Å². The summed E-state index contributed by atoms with van der Waals surface area (Å²) in [5.74, 6) is 1.47. The first-order chi connectivity index (χ1) is 10.6. The van der Waals surface area contributed by atoms with Crippen LogP contribution in [0.3, 0.4) is 0 Å². The van der Waals surface area contributed by atoms with E-state index in [0.717, 1.165) is 26.2 Å². The molecule has 1 saturated heterocycles. The first-order valence-electron chi connectivity index (χ1n) is 8.00. The number of rotatable bonds is 3. The van der Waals surface area contributed by atoms with Gasteiger partial charge in [0, 0.05) is 38.4 Å². The number of pyridine rings is 1. The van der Waals surface area contributed by atoms with Crippen molar-refractivity contribution in [3.05, 3.63) is 18.3 Å². The van der Waals surface area contributed by atoms with Gasteiger partial charge in [-0.05, 0) is 26.0 Å². The summed E-state index contributed by atoms with van der Waals surface area (Å²) in [6.07, 6.45) is 1.70. The second kappa shape index (κ2) is 6.62. The highest BCUT2D eigenvalue weighted by atomic mass is 16.5. The minimum absolute atomic E-state index is 0.112. The monoisotopic (exact) mass is 304 g/mol. The van der Waals surface area contributed by atoms with Crippen LogP contribution in [0, 0.1) is 0 Å². The van der Waals surface area contributed by atoms with Gasteiger partial charge >= 0.3 is 0 Å². The van der Waals surface area contributed by atoms with Crippen molar-refractivity contribution in [1.82, 2.24) is 14.8 Å². The minimum atomic E-state index is 0.112. The highest BCUT2D eigenvalue weighted by Gasteiger charge is 2.27. The van der Waals surface area contributed by atoms with Crippen molar-refractivity contribution in [1.29, 1.82) is 0 Å². The van der Waals surface area contributed by atoms with Gasteiger partial charge in [0.1, 0.15) is 6.61 Å². The molecular weight excluding hydrogens is 280 g/mol. The van der Waals surface area contributed by atoms with Crippen LogP contribution in [-0.2, 0) is 4.79 Å². The van der Waals surface area contributed by atoms with E-state index in [1.54, 1.807) is 11.1 Å². The molecule has 22 heavy (non-hydrogen) atoms. The van der Waals surface area contributed by atoms with E-state index in [2.05, 4.69) is 28.6 Å². The molecule has 6 heteroatoms. The lowest BCUT2D eigenvalue weighted by Crippen LogP contribution is -2.52. The fourth-order valence-corrected chi connectivity index (χ4v) is 3.01. The molecule has 6 nitrogen and oxygen atoms in total. The summed E-state index contributed by atoms with van der Waals surface area (Å²) < 4.78 is 5.56. The van der Waals surface area contributed by atoms with E-state index in [4.69, 9.17) is 4.74 Å². The maximum absolute atomic E-state index is 12.6. The summed E-state index contributed by atoms with van der Waals surface area (Å²) in [6, 6.07) is 4.27. The molecule has 3 rings (SSSR count). The standard InChI is InChI=1S/C16H24N4O2/c1-13(2)19-8-6-18(7-9-19)12-15(21)20-10-11-22-14-4-3-5-17-16(14)20/h3-5,13H,6-12H2,1-2H3. The van der Waals surface area contributed by atoms with Gasteiger partial charge in [-0.15, -0.1) is 0 Å². The van der Waals surface area contributed by atoms with Crippen molar-refractivity contribution in [2.24, 2.45) is 0 Å². The van der Waals surface area contributed by atoms with Gasteiger partial charge in [0.15, 0.2) is 11.6 Å². The summed E-state index contributed by atoms with van der Waals surface area (Å²) in [7, 11) is 0. The normalized spacial score (nSPS) is 19.9. The van der Waals surface area contributed by atoms with Crippen molar-refractivity contribution in [3.8, 4) is 5.75 Å². The minimum Gasteiger partial charge on any atom is -0.488 e. The second-order valence-electron chi connectivity index (χ2n) is 6.12. The number of aromatic nitrogens is 1. The van der Waals surface area contributed by atoms with Crippen LogP contribution < -0.4 is 9.64 Å². The zero-order valence-electron chi connectivity index (χ0n) is 13.4. The van der Waals surface area contributed by atoms with Crippen LogP contribution in [0.5, 0.6) is 5.75 Å². The molecular formula is C16H24N4O2. The lowest BCUT2D eigenvalue weighted by Gasteiger charge is -2.37. The van der Waals surface area contributed by atoms with Gasteiger partial charge in [-0.1, -0.05) is 0 Å². The summed E-state index contributed by atoms with van der Waals surface area (Å²) in [5, 5.41) is 0. The Bertz CT molecular complexity index is 527. The van der Waals surface area contributed by atoms with E-state index >= 15 is 0 Å². The number of carbonyl (C=O) groups excluding carboxylic acids is 1. The predicted octanol–water partition coefficient (Wildman–Crippen LogP) is 0.833. The van der Waals surface area contributed by atoms with Gasteiger partial charge in [0.25, 0.3) is 0 Å². The first-order valence-corrected chi connectivity index (χ1v) is 8.00. The number of ether oxygens (including phenoxy) is 1. The third-order valence-electron chi connectivity index (χ3n) is 4.38. The SMILES string of the molecule is CC(C)N1CCN(CC(=O)N2CCOc3cccnc32)CC1. The molecule has 0 saturated carbocycles. The molecule has 0 spiro atoms. The van der Waals surface area contributed by atoms with Crippen LogP contribution in [0.15, 0.2) is 18.3 Å². The zero-order valence-corrected chi connectivity index (χ0v) is 13.4. The van der Waals surface area contributed by atoms with E-state index in [0.29, 0.717) is 37.3 Å². The number of hydrogen-bond donors (Lipinski definition) is 0. The Balaban J connectivity index is 1.60. The predicted molar refractivity (Wildman–Crippen MR) is 85.2 cm³/mol. The molecule has 120 valence electrons. The summed E-state index contributed by atoms with van der Waals surface area (Å²) in [5.41, 5.74) is 0. The van der Waals surface area contributed by atoms with Crippen molar-refractivity contribution in [2.45, 2.75) is 19.9 Å². The molecule has 1 amide bonds. The van der Waals surface area contributed by atoms with E-state index < -0.39 is 0 Å². The van der Waals surface area contributed by atoms with Crippen LogP contribution in [0.4, 0.5) is 5.82 Å². The number of hydrogen-bond acceptors (Lipinski definition) is 5. The Morgan fingerprint density at radius 3 is 2.77 bits per heavy atom. The molecule has 3 heterocycles. The molecule has 0 unspecified atom stereocenters. The largest absolute Gasteiger partial charge is 0.488 e. The highest BCUT2D eigenvalue weighted by molar-refractivity contribution is 5.95. The molecule has 0 radical (unpaired) electrons. The smallest absolute Gasteiger partial charge is 0.242 e. The molecule has 0 atom stereocenters. The average molecular weight is 304 g/mol. The van der Waals surface area contributed by atoms with Crippen molar-refractivity contribution in [3.63, 3.8) is 0 Å². The highest BCUT2D eigenvalue weighted by Crippen LogP contribution is 2.28. The second-order valence-corrected chi connectivity index (χ2v) is 6.12. The molecule has 1 aromatic rings. The molecule has 0 aromatic carbocycles. The quantitative estimate of drug-likeness (QED) is 0.828. The summed E-state index contributed by atoms with van der Waals surface area (Å²) in [6.45, 7) is 9.97. The molecule has 0 N–H and O–H groups in total. The third kappa shape index (κ3) is 3.23. The van der Waals surface area contributed by atoms with Crippen molar-refractivity contribution in [2.75, 3.05) is 50.8 Å². The number of anilines is 1. The Hall–Kier alpha value is -1.66. The van der Waals surface area contributed by atoms with Gasteiger partial charge in [-0.3, -0.25) is 19.5 Å². The molecule has 0 bridgehead atoms. The fourth-order valence-electron chi connectivity index (χ4n) is 3.01. The number of amides is 1. The number of carbonyl (C=O) groups is 1. The lowest BCUT2D eigenvalue weighted by atomic mass is 10.2. The molecule has 1 aromatic heterocycles. The molecule has 2 aliphatic rings. The number of fused-ring (bicyclic) bond motifs is 1. The van der Waals surface area contributed by atoms with Gasteiger partial charge in [0.05, 0.1) is 13.1 Å². The zero-order chi connectivity index (χ0) is 15.5. The number of piperazine rings is 1. The van der Waals surface area contributed by atoms with Crippen LogP contribution >= 0.6 is 0 Å². The van der Waals surface area contributed by atoms with Crippen LogP contribution in [0.25, 0.3) is 0 Å². The Morgan fingerprint density at radius 1 is 1.27 bits per heavy atom. The molecule has 2 aliphatic heterocycles. The summed E-state index contributed by atoms with van der Waals surface area (Å²) in [4.78, 5) is 23.4. The first kappa shape index (κ1) is 15.2. The van der Waals surface area contributed by atoms with E-state index in [1.807, 2.05) is 12.1 Å². The van der Waals surface area contributed by atoms with Crippen molar-refractivity contribution >= 4 is 11.7 Å². The van der Waals surface area contributed by atoms with Gasteiger partial charge in [-0.2, -0.15) is 0 Å². The van der Waals surface area contributed by atoms with Crippen LogP contribution in [0.1, 0.15) is 13.8 Å². The molecule has 1 fully saturated rings. The Kier molecular flexibility index (Phi) is 4.59. The maximum Gasteiger partial charge on any atom is 0.242 e.